The van der Waals surface area contributed by atoms with Gasteiger partial charge in [0.1, 0.15) is 11.9 Å². The summed E-state index contributed by atoms with van der Waals surface area (Å²) in [7, 11) is -1.68. The number of fused-ring (bicyclic) bond motifs is 1. The Morgan fingerprint density at radius 2 is 2.08 bits per heavy atom. The summed E-state index contributed by atoms with van der Waals surface area (Å²) in [5, 5.41) is 33.9. The molecule has 0 aliphatic carbocycles. The van der Waals surface area contributed by atoms with Crippen molar-refractivity contribution in [2.75, 3.05) is 18.4 Å². The van der Waals surface area contributed by atoms with E-state index in [0.29, 0.717) is 42.5 Å². The molecule has 0 spiro atoms. The minimum atomic E-state index is -1.68. The SMILES string of the molecule is CC(=O)N1CCC(Nc2c([N+](=O)[O-])cnc3ccc(B(O)O)cc23)CC1. The Balaban J connectivity index is 1.96. The smallest absolute Gasteiger partial charge is 0.423 e. The van der Waals surface area contributed by atoms with Crippen molar-refractivity contribution < 1.29 is 19.8 Å². The summed E-state index contributed by atoms with van der Waals surface area (Å²) in [5.41, 5.74) is 0.887. The van der Waals surface area contributed by atoms with E-state index in [1.807, 2.05) is 0 Å². The predicted molar refractivity (Wildman–Crippen MR) is 97.1 cm³/mol. The Morgan fingerprint density at radius 1 is 1.38 bits per heavy atom. The van der Waals surface area contributed by atoms with E-state index < -0.39 is 12.0 Å². The van der Waals surface area contributed by atoms with Crippen LogP contribution in [-0.4, -0.2) is 57.0 Å². The first-order valence-electron chi connectivity index (χ1n) is 8.32. The van der Waals surface area contributed by atoms with E-state index in [9.17, 15) is 25.0 Å². The quantitative estimate of drug-likeness (QED) is 0.406. The van der Waals surface area contributed by atoms with Crippen LogP contribution < -0.4 is 10.8 Å². The highest BCUT2D eigenvalue weighted by Crippen LogP contribution is 2.32. The number of anilines is 1. The molecule has 1 fully saturated rings. The third-order valence-corrected chi connectivity index (χ3v) is 4.66. The lowest BCUT2D eigenvalue weighted by Gasteiger charge is -2.32. The van der Waals surface area contributed by atoms with Crippen LogP contribution in [-0.2, 0) is 4.79 Å². The van der Waals surface area contributed by atoms with Gasteiger partial charge in [-0.3, -0.25) is 14.9 Å². The summed E-state index contributed by atoms with van der Waals surface area (Å²) in [4.78, 5) is 28.2. The second-order valence-corrected chi connectivity index (χ2v) is 6.35. The molecule has 1 aromatic carbocycles. The average Bonchev–Trinajstić information content (AvgIpc) is 2.61. The fourth-order valence-corrected chi connectivity index (χ4v) is 3.19. The molecule has 1 saturated heterocycles. The number of hydrogen-bond acceptors (Lipinski definition) is 7. The normalized spacial score (nSPS) is 15.1. The van der Waals surface area contributed by atoms with Gasteiger partial charge in [-0.05, 0) is 24.4 Å². The van der Waals surface area contributed by atoms with Crippen molar-refractivity contribution >= 4 is 40.8 Å². The van der Waals surface area contributed by atoms with Crippen molar-refractivity contribution in [3.8, 4) is 0 Å². The molecule has 1 amide bonds. The van der Waals surface area contributed by atoms with Crippen molar-refractivity contribution in [3.63, 3.8) is 0 Å². The summed E-state index contributed by atoms with van der Waals surface area (Å²) in [5.74, 6) is 0.0189. The molecule has 0 radical (unpaired) electrons. The summed E-state index contributed by atoms with van der Waals surface area (Å²) < 4.78 is 0. The van der Waals surface area contributed by atoms with E-state index in [1.54, 1.807) is 11.0 Å². The Labute approximate surface area is 149 Å². The Bertz CT molecular complexity index is 852. The number of pyridine rings is 1. The van der Waals surface area contributed by atoms with Crippen LogP contribution in [0, 0.1) is 10.1 Å². The van der Waals surface area contributed by atoms with Gasteiger partial charge in [0.05, 0.1) is 10.4 Å². The average molecular weight is 358 g/mol. The molecular formula is C16H19BN4O5. The molecule has 1 aromatic heterocycles. The van der Waals surface area contributed by atoms with Crippen LogP contribution in [0.15, 0.2) is 24.4 Å². The second-order valence-electron chi connectivity index (χ2n) is 6.35. The first-order chi connectivity index (χ1) is 12.4. The van der Waals surface area contributed by atoms with Crippen LogP contribution in [0.4, 0.5) is 11.4 Å². The fourth-order valence-electron chi connectivity index (χ4n) is 3.19. The Hall–Kier alpha value is -2.72. The lowest BCUT2D eigenvalue weighted by Crippen LogP contribution is -2.41. The number of nitro groups is 1. The number of benzene rings is 1. The number of carbonyl (C=O) groups excluding carboxylic acids is 1. The van der Waals surface area contributed by atoms with Crippen molar-refractivity contribution in [2.24, 2.45) is 0 Å². The van der Waals surface area contributed by atoms with E-state index in [1.165, 1.54) is 25.3 Å². The van der Waals surface area contributed by atoms with E-state index in [2.05, 4.69) is 10.3 Å². The zero-order valence-electron chi connectivity index (χ0n) is 14.3. The monoisotopic (exact) mass is 358 g/mol. The van der Waals surface area contributed by atoms with Gasteiger partial charge in [0.25, 0.3) is 0 Å². The molecule has 0 saturated carbocycles. The maximum Gasteiger partial charge on any atom is 0.488 e. The van der Waals surface area contributed by atoms with Gasteiger partial charge in [-0.2, -0.15) is 0 Å². The van der Waals surface area contributed by atoms with Crippen molar-refractivity contribution in [2.45, 2.75) is 25.8 Å². The van der Waals surface area contributed by atoms with Crippen LogP contribution in [0.1, 0.15) is 19.8 Å². The molecule has 9 nitrogen and oxygen atoms in total. The molecular weight excluding hydrogens is 339 g/mol. The van der Waals surface area contributed by atoms with Crippen LogP contribution in [0.2, 0.25) is 0 Å². The summed E-state index contributed by atoms with van der Waals surface area (Å²) >= 11 is 0. The molecule has 3 N–H and O–H groups in total. The van der Waals surface area contributed by atoms with Gasteiger partial charge in [-0.1, -0.05) is 12.1 Å². The standard InChI is InChI=1S/C16H19BN4O5/c1-10(22)20-6-4-12(5-7-20)19-16-13-8-11(17(23)24)2-3-14(13)18-9-15(16)21(25)26/h2-3,8-9,12,23-24H,4-7H2,1H3,(H,18,19). The molecule has 3 rings (SSSR count). The van der Waals surface area contributed by atoms with Gasteiger partial charge >= 0.3 is 12.8 Å². The summed E-state index contributed by atoms with van der Waals surface area (Å²) in [6.07, 6.45) is 2.54. The lowest BCUT2D eigenvalue weighted by atomic mass is 9.79. The predicted octanol–water partition coefficient (Wildman–Crippen LogP) is 0.246. The molecule has 0 unspecified atom stereocenters. The Kier molecular flexibility index (Phi) is 5.05. The molecule has 26 heavy (non-hydrogen) atoms. The highest BCUT2D eigenvalue weighted by Gasteiger charge is 2.25. The first-order valence-corrected chi connectivity index (χ1v) is 8.32. The van der Waals surface area contributed by atoms with E-state index >= 15 is 0 Å². The second kappa shape index (κ2) is 7.26. The third-order valence-electron chi connectivity index (χ3n) is 4.66. The number of hydrogen-bond donors (Lipinski definition) is 3. The van der Waals surface area contributed by atoms with Crippen molar-refractivity contribution in [3.05, 3.63) is 34.5 Å². The fraction of sp³-hybridized carbons (Fsp3) is 0.375. The zero-order chi connectivity index (χ0) is 18.8. The van der Waals surface area contributed by atoms with Crippen LogP contribution in [0.5, 0.6) is 0 Å². The number of likely N-dealkylation sites (tertiary alicyclic amines) is 1. The van der Waals surface area contributed by atoms with Crippen LogP contribution in [0.25, 0.3) is 10.9 Å². The van der Waals surface area contributed by atoms with Gasteiger partial charge < -0.3 is 20.3 Å². The number of amides is 1. The number of carbonyl (C=O) groups is 1. The minimum absolute atomic E-state index is 0.0189. The van der Waals surface area contributed by atoms with Crippen molar-refractivity contribution in [1.82, 2.24) is 9.88 Å². The highest BCUT2D eigenvalue weighted by atomic mass is 16.6. The molecule has 0 bridgehead atoms. The van der Waals surface area contributed by atoms with Crippen LogP contribution >= 0.6 is 0 Å². The maximum atomic E-state index is 11.4. The number of nitrogens with zero attached hydrogens (tertiary/aromatic N) is 3. The minimum Gasteiger partial charge on any atom is -0.423 e. The molecule has 136 valence electrons. The number of piperidine rings is 1. The molecule has 2 aromatic rings. The largest absolute Gasteiger partial charge is 0.488 e. The van der Waals surface area contributed by atoms with Gasteiger partial charge in [0.15, 0.2) is 0 Å². The molecule has 1 aliphatic heterocycles. The van der Waals surface area contributed by atoms with Gasteiger partial charge in [-0.15, -0.1) is 0 Å². The van der Waals surface area contributed by atoms with E-state index in [0.717, 1.165) is 0 Å². The van der Waals surface area contributed by atoms with Crippen LogP contribution in [0.3, 0.4) is 0 Å². The van der Waals surface area contributed by atoms with Gasteiger partial charge in [-0.25, -0.2) is 4.98 Å². The number of rotatable bonds is 4. The highest BCUT2D eigenvalue weighted by molar-refractivity contribution is 6.59. The third kappa shape index (κ3) is 3.61. The molecule has 1 aliphatic rings. The van der Waals surface area contributed by atoms with E-state index in [-0.39, 0.29) is 23.1 Å². The maximum absolute atomic E-state index is 11.4. The van der Waals surface area contributed by atoms with E-state index in [4.69, 9.17) is 0 Å². The topological polar surface area (TPSA) is 129 Å². The summed E-state index contributed by atoms with van der Waals surface area (Å²) in [6, 6.07) is 4.57. The Morgan fingerprint density at radius 3 is 2.65 bits per heavy atom. The summed E-state index contributed by atoms with van der Waals surface area (Å²) in [6.45, 7) is 2.70. The number of aromatic nitrogens is 1. The molecule has 2 heterocycles. The van der Waals surface area contributed by atoms with Crippen molar-refractivity contribution in [1.29, 1.82) is 0 Å². The zero-order valence-corrected chi connectivity index (χ0v) is 14.3. The first kappa shape index (κ1) is 18.1. The van der Waals surface area contributed by atoms with Gasteiger partial charge in [0, 0.05) is 31.4 Å². The van der Waals surface area contributed by atoms with Gasteiger partial charge in [0.2, 0.25) is 5.91 Å². The number of nitrogens with one attached hydrogen (secondary N) is 1. The molecule has 0 atom stereocenters. The molecule has 10 heteroatoms. The lowest BCUT2D eigenvalue weighted by molar-refractivity contribution is -0.384.